The number of aliphatic carboxylic acids is 1. The first-order chi connectivity index (χ1) is 7.43. The monoisotopic (exact) mass is 228 g/mol. The average Bonchev–Trinajstić information content (AvgIpc) is 2.94. The zero-order chi connectivity index (χ0) is 12.3. The number of hydrogen-bond acceptors (Lipinski definition) is 3. The summed E-state index contributed by atoms with van der Waals surface area (Å²) in [5, 5.41) is 9.10. The fourth-order valence-corrected chi connectivity index (χ4v) is 2.12. The summed E-state index contributed by atoms with van der Waals surface area (Å²) in [4.78, 5) is 22.7. The van der Waals surface area contributed by atoms with Gasteiger partial charge in [0, 0.05) is 0 Å². The van der Waals surface area contributed by atoms with E-state index in [1.54, 1.807) is 6.92 Å². The van der Waals surface area contributed by atoms with Gasteiger partial charge in [-0.25, -0.2) is 0 Å². The lowest BCUT2D eigenvalue weighted by Gasteiger charge is -2.23. The van der Waals surface area contributed by atoms with Crippen molar-refractivity contribution in [3.63, 3.8) is 0 Å². The number of carboxylic acids is 1. The van der Waals surface area contributed by atoms with E-state index in [9.17, 15) is 9.59 Å². The molecule has 0 aliphatic heterocycles. The summed E-state index contributed by atoms with van der Waals surface area (Å²) in [7, 11) is 1.32. The predicted molar refractivity (Wildman–Crippen MR) is 58.9 cm³/mol. The molecular weight excluding hydrogens is 208 g/mol. The SMILES string of the molecule is CCC(C(=O)O)C(CC1(C)CC1)C(=O)OC. The second-order valence-corrected chi connectivity index (χ2v) is 5.00. The van der Waals surface area contributed by atoms with Crippen molar-refractivity contribution >= 4 is 11.9 Å². The van der Waals surface area contributed by atoms with Crippen molar-refractivity contribution in [2.24, 2.45) is 17.3 Å². The highest BCUT2D eigenvalue weighted by atomic mass is 16.5. The van der Waals surface area contributed by atoms with Gasteiger partial charge in [-0.05, 0) is 31.1 Å². The van der Waals surface area contributed by atoms with Crippen LogP contribution >= 0.6 is 0 Å². The largest absolute Gasteiger partial charge is 0.481 e. The fourth-order valence-electron chi connectivity index (χ4n) is 2.12. The molecule has 2 atom stereocenters. The molecule has 4 heteroatoms. The van der Waals surface area contributed by atoms with Crippen molar-refractivity contribution in [1.82, 2.24) is 0 Å². The summed E-state index contributed by atoms with van der Waals surface area (Å²) in [5.41, 5.74) is 0.154. The lowest BCUT2D eigenvalue weighted by atomic mass is 9.82. The number of carboxylic acid groups (broad SMARTS) is 1. The number of rotatable bonds is 6. The minimum absolute atomic E-state index is 0.154. The molecule has 92 valence electrons. The van der Waals surface area contributed by atoms with Crippen molar-refractivity contribution in [2.75, 3.05) is 7.11 Å². The highest BCUT2D eigenvalue weighted by molar-refractivity contribution is 5.81. The minimum Gasteiger partial charge on any atom is -0.481 e. The molecule has 4 nitrogen and oxygen atoms in total. The number of ether oxygens (including phenoxy) is 1. The normalized spacial score (nSPS) is 20.9. The quantitative estimate of drug-likeness (QED) is 0.707. The number of methoxy groups -OCH3 is 1. The van der Waals surface area contributed by atoms with Crippen molar-refractivity contribution in [3.8, 4) is 0 Å². The number of carbonyl (C=O) groups excluding carboxylic acids is 1. The van der Waals surface area contributed by atoms with Crippen LogP contribution in [0.3, 0.4) is 0 Å². The molecule has 0 radical (unpaired) electrons. The topological polar surface area (TPSA) is 63.6 Å². The Kier molecular flexibility index (Phi) is 3.94. The van der Waals surface area contributed by atoms with Crippen LogP contribution in [0.4, 0.5) is 0 Å². The highest BCUT2D eigenvalue weighted by Crippen LogP contribution is 2.51. The molecule has 1 N–H and O–H groups in total. The van der Waals surface area contributed by atoms with Gasteiger partial charge in [-0.3, -0.25) is 9.59 Å². The van der Waals surface area contributed by atoms with Crippen molar-refractivity contribution in [2.45, 2.75) is 39.5 Å². The van der Waals surface area contributed by atoms with E-state index in [0.29, 0.717) is 12.8 Å². The van der Waals surface area contributed by atoms with Crippen LogP contribution in [0.5, 0.6) is 0 Å². The summed E-state index contributed by atoms with van der Waals surface area (Å²) in [6.07, 6.45) is 3.25. The molecule has 1 saturated carbocycles. The lowest BCUT2D eigenvalue weighted by Crippen LogP contribution is -2.32. The van der Waals surface area contributed by atoms with Gasteiger partial charge in [0.2, 0.25) is 0 Å². The van der Waals surface area contributed by atoms with Crippen LogP contribution in [0.15, 0.2) is 0 Å². The van der Waals surface area contributed by atoms with Crippen LogP contribution in [0.2, 0.25) is 0 Å². The fraction of sp³-hybridized carbons (Fsp3) is 0.833. The van der Waals surface area contributed by atoms with Crippen LogP contribution in [0.1, 0.15) is 39.5 Å². The van der Waals surface area contributed by atoms with E-state index < -0.39 is 17.8 Å². The van der Waals surface area contributed by atoms with E-state index in [1.165, 1.54) is 7.11 Å². The molecule has 0 bridgehead atoms. The summed E-state index contributed by atoms with van der Waals surface area (Å²) in [6, 6.07) is 0. The number of esters is 1. The molecule has 0 heterocycles. The molecule has 0 amide bonds. The van der Waals surface area contributed by atoms with E-state index in [4.69, 9.17) is 9.84 Å². The third-order valence-corrected chi connectivity index (χ3v) is 3.56. The van der Waals surface area contributed by atoms with Gasteiger partial charge in [-0.2, -0.15) is 0 Å². The second kappa shape index (κ2) is 4.85. The van der Waals surface area contributed by atoms with Crippen molar-refractivity contribution in [1.29, 1.82) is 0 Å². The molecule has 16 heavy (non-hydrogen) atoms. The zero-order valence-corrected chi connectivity index (χ0v) is 10.2. The molecule has 0 aromatic heterocycles. The van der Waals surface area contributed by atoms with E-state index >= 15 is 0 Å². The Morgan fingerprint density at radius 3 is 2.25 bits per heavy atom. The summed E-state index contributed by atoms with van der Waals surface area (Å²) in [6.45, 7) is 3.89. The van der Waals surface area contributed by atoms with Crippen molar-refractivity contribution < 1.29 is 19.4 Å². The Bertz CT molecular complexity index is 281. The highest BCUT2D eigenvalue weighted by Gasteiger charge is 2.44. The van der Waals surface area contributed by atoms with Crippen LogP contribution in [-0.4, -0.2) is 24.2 Å². The molecule has 0 spiro atoms. The van der Waals surface area contributed by atoms with E-state index in [0.717, 1.165) is 12.8 Å². The lowest BCUT2D eigenvalue weighted by molar-refractivity contribution is -0.156. The van der Waals surface area contributed by atoms with Gasteiger partial charge < -0.3 is 9.84 Å². The van der Waals surface area contributed by atoms with Crippen LogP contribution < -0.4 is 0 Å². The van der Waals surface area contributed by atoms with E-state index in [2.05, 4.69) is 6.92 Å². The zero-order valence-electron chi connectivity index (χ0n) is 10.2. The number of hydrogen-bond donors (Lipinski definition) is 1. The Hall–Kier alpha value is -1.06. The molecule has 1 rings (SSSR count). The molecule has 1 aliphatic rings. The molecule has 0 aromatic rings. The minimum atomic E-state index is -0.901. The first kappa shape index (κ1) is 13.0. The Balaban J connectivity index is 2.76. The predicted octanol–water partition coefficient (Wildman–Crippen LogP) is 2.08. The van der Waals surface area contributed by atoms with Gasteiger partial charge in [0.25, 0.3) is 0 Å². The Morgan fingerprint density at radius 2 is 1.94 bits per heavy atom. The van der Waals surface area contributed by atoms with Crippen LogP contribution in [-0.2, 0) is 14.3 Å². The first-order valence-electron chi connectivity index (χ1n) is 5.74. The van der Waals surface area contributed by atoms with Gasteiger partial charge in [0.1, 0.15) is 0 Å². The molecule has 0 saturated heterocycles. The third kappa shape index (κ3) is 2.97. The molecule has 0 aromatic carbocycles. The standard InChI is InChI=1S/C12H20O4/c1-4-8(10(13)14)9(11(15)16-3)7-12(2)5-6-12/h8-9H,4-7H2,1-3H3,(H,13,14). The average molecular weight is 228 g/mol. The molecule has 2 unspecified atom stereocenters. The van der Waals surface area contributed by atoms with Crippen LogP contribution in [0, 0.1) is 17.3 Å². The summed E-state index contributed by atoms with van der Waals surface area (Å²) in [5.74, 6) is -2.41. The maximum Gasteiger partial charge on any atom is 0.309 e. The first-order valence-corrected chi connectivity index (χ1v) is 5.74. The number of carbonyl (C=O) groups is 2. The van der Waals surface area contributed by atoms with Gasteiger partial charge >= 0.3 is 11.9 Å². The Morgan fingerprint density at radius 1 is 1.38 bits per heavy atom. The summed E-state index contributed by atoms with van der Waals surface area (Å²) >= 11 is 0. The van der Waals surface area contributed by atoms with Gasteiger partial charge in [0.15, 0.2) is 0 Å². The van der Waals surface area contributed by atoms with E-state index in [-0.39, 0.29) is 11.4 Å². The van der Waals surface area contributed by atoms with Crippen LogP contribution in [0.25, 0.3) is 0 Å². The second-order valence-electron chi connectivity index (χ2n) is 5.00. The molecule has 1 fully saturated rings. The van der Waals surface area contributed by atoms with Gasteiger partial charge in [-0.1, -0.05) is 13.8 Å². The van der Waals surface area contributed by atoms with E-state index in [1.807, 2.05) is 0 Å². The summed E-state index contributed by atoms with van der Waals surface area (Å²) < 4.78 is 4.72. The molecular formula is C12H20O4. The maximum absolute atomic E-state index is 11.6. The Labute approximate surface area is 96.0 Å². The molecule has 1 aliphatic carbocycles. The smallest absolute Gasteiger partial charge is 0.309 e. The van der Waals surface area contributed by atoms with Gasteiger partial charge in [-0.15, -0.1) is 0 Å². The maximum atomic E-state index is 11.6. The van der Waals surface area contributed by atoms with Crippen molar-refractivity contribution in [3.05, 3.63) is 0 Å². The van der Waals surface area contributed by atoms with Gasteiger partial charge in [0.05, 0.1) is 18.9 Å². The third-order valence-electron chi connectivity index (χ3n) is 3.56.